The van der Waals surface area contributed by atoms with Crippen LogP contribution in [0.2, 0.25) is 0 Å². The van der Waals surface area contributed by atoms with Gasteiger partial charge in [-0.15, -0.1) is 0 Å². The monoisotopic (exact) mass is 437 g/mol. The molecule has 1 atom stereocenters. The number of ether oxygens (including phenoxy) is 2. The molecule has 170 valence electrons. The highest BCUT2D eigenvalue weighted by Crippen LogP contribution is 2.24. The number of aryl methyl sites for hydroxylation is 1. The Hall–Kier alpha value is -3.35. The Bertz CT molecular complexity index is 997. The topological polar surface area (TPSA) is 77.7 Å². The standard InChI is InChI=1S/C25H31N3O4/c1-6-28(25(29)31-15-17(2)3)19(5)20-11-13-22(14-12-20)30-16-23-26-24(32-27-23)21-9-7-18(4)8-10-21/h7-14,17,19H,6,15-16H2,1-5H3. The SMILES string of the molecule is CCN(C(=O)OCC(C)C)C(C)c1ccc(OCc2noc(-c3ccc(C)cc3)n2)cc1. The average molecular weight is 438 g/mol. The largest absolute Gasteiger partial charge is 0.485 e. The molecule has 1 amide bonds. The van der Waals surface area contributed by atoms with E-state index in [1.54, 1.807) is 4.90 Å². The summed E-state index contributed by atoms with van der Waals surface area (Å²) in [5.41, 5.74) is 3.05. The van der Waals surface area contributed by atoms with Crippen molar-refractivity contribution in [2.75, 3.05) is 13.2 Å². The van der Waals surface area contributed by atoms with Gasteiger partial charge >= 0.3 is 6.09 Å². The molecule has 0 radical (unpaired) electrons. The lowest BCUT2D eigenvalue weighted by atomic mass is 10.1. The Balaban J connectivity index is 1.57. The first kappa shape index (κ1) is 23.3. The molecule has 0 fully saturated rings. The van der Waals surface area contributed by atoms with Gasteiger partial charge in [0, 0.05) is 12.1 Å². The van der Waals surface area contributed by atoms with E-state index in [9.17, 15) is 4.79 Å². The van der Waals surface area contributed by atoms with E-state index in [1.807, 2.05) is 83.1 Å². The fraction of sp³-hybridized carbons (Fsp3) is 0.400. The van der Waals surface area contributed by atoms with E-state index in [-0.39, 0.29) is 18.7 Å². The number of carbonyl (C=O) groups is 1. The summed E-state index contributed by atoms with van der Waals surface area (Å²) in [6.07, 6.45) is -0.296. The van der Waals surface area contributed by atoms with Crippen LogP contribution in [-0.4, -0.2) is 34.3 Å². The zero-order valence-corrected chi connectivity index (χ0v) is 19.4. The number of benzene rings is 2. The average Bonchev–Trinajstić information content (AvgIpc) is 3.26. The van der Waals surface area contributed by atoms with Gasteiger partial charge in [0.1, 0.15) is 5.75 Å². The molecule has 1 heterocycles. The lowest BCUT2D eigenvalue weighted by Gasteiger charge is -2.28. The molecule has 7 nitrogen and oxygen atoms in total. The van der Waals surface area contributed by atoms with E-state index >= 15 is 0 Å². The van der Waals surface area contributed by atoms with Crippen LogP contribution in [0.4, 0.5) is 4.79 Å². The molecule has 3 rings (SSSR count). The molecule has 1 unspecified atom stereocenters. The smallest absolute Gasteiger partial charge is 0.410 e. The molecule has 32 heavy (non-hydrogen) atoms. The fourth-order valence-corrected chi connectivity index (χ4v) is 3.18. The zero-order chi connectivity index (χ0) is 23.1. The normalized spacial score (nSPS) is 11.9. The maximum absolute atomic E-state index is 12.4. The molecule has 0 saturated heterocycles. The van der Waals surface area contributed by atoms with Gasteiger partial charge < -0.3 is 18.9 Å². The first-order valence-electron chi connectivity index (χ1n) is 10.9. The number of amides is 1. The second-order valence-electron chi connectivity index (χ2n) is 8.17. The van der Waals surface area contributed by atoms with Crippen LogP contribution in [0.3, 0.4) is 0 Å². The summed E-state index contributed by atoms with van der Waals surface area (Å²) in [4.78, 5) is 18.5. The Kier molecular flexibility index (Phi) is 7.87. The highest BCUT2D eigenvalue weighted by Gasteiger charge is 2.21. The second kappa shape index (κ2) is 10.8. The third-order valence-electron chi connectivity index (χ3n) is 5.08. The Labute approximate surface area is 189 Å². The van der Waals surface area contributed by atoms with Crippen molar-refractivity contribution in [3.63, 3.8) is 0 Å². The first-order valence-corrected chi connectivity index (χ1v) is 10.9. The van der Waals surface area contributed by atoms with Gasteiger partial charge in [0.15, 0.2) is 6.61 Å². The van der Waals surface area contributed by atoms with E-state index in [1.165, 1.54) is 5.56 Å². The minimum Gasteiger partial charge on any atom is -0.485 e. The number of nitrogens with zero attached hydrogens (tertiary/aromatic N) is 3. The van der Waals surface area contributed by atoms with E-state index < -0.39 is 0 Å². The number of hydrogen-bond donors (Lipinski definition) is 0. The van der Waals surface area contributed by atoms with Crippen LogP contribution in [0.25, 0.3) is 11.5 Å². The lowest BCUT2D eigenvalue weighted by Crippen LogP contribution is -2.34. The van der Waals surface area contributed by atoms with Crippen LogP contribution >= 0.6 is 0 Å². The van der Waals surface area contributed by atoms with Gasteiger partial charge in [0.25, 0.3) is 5.89 Å². The quantitative estimate of drug-likeness (QED) is 0.421. The highest BCUT2D eigenvalue weighted by atomic mass is 16.6. The van der Waals surface area contributed by atoms with Crippen LogP contribution in [0.5, 0.6) is 5.75 Å². The van der Waals surface area contributed by atoms with Gasteiger partial charge in [0.2, 0.25) is 5.82 Å². The number of carbonyl (C=O) groups excluding carboxylic acids is 1. The predicted molar refractivity (Wildman–Crippen MR) is 122 cm³/mol. The maximum atomic E-state index is 12.4. The number of aromatic nitrogens is 2. The third kappa shape index (κ3) is 6.09. The molecule has 0 N–H and O–H groups in total. The molecule has 1 aromatic heterocycles. The number of hydrogen-bond acceptors (Lipinski definition) is 6. The van der Waals surface area contributed by atoms with E-state index in [4.69, 9.17) is 14.0 Å². The third-order valence-corrected chi connectivity index (χ3v) is 5.08. The molecule has 0 spiro atoms. The van der Waals surface area contributed by atoms with E-state index in [0.29, 0.717) is 36.5 Å². The summed E-state index contributed by atoms with van der Waals surface area (Å²) in [5, 5.41) is 3.99. The van der Waals surface area contributed by atoms with Crippen LogP contribution in [-0.2, 0) is 11.3 Å². The van der Waals surface area contributed by atoms with Gasteiger partial charge in [-0.25, -0.2) is 4.79 Å². The second-order valence-corrected chi connectivity index (χ2v) is 8.17. The maximum Gasteiger partial charge on any atom is 0.410 e. The molecular weight excluding hydrogens is 406 g/mol. The first-order chi connectivity index (χ1) is 15.4. The van der Waals surface area contributed by atoms with Crippen molar-refractivity contribution >= 4 is 6.09 Å². The zero-order valence-electron chi connectivity index (χ0n) is 19.4. The molecule has 0 aliphatic carbocycles. The molecule has 2 aromatic carbocycles. The Morgan fingerprint density at radius 2 is 1.75 bits per heavy atom. The van der Waals surface area contributed by atoms with Crippen molar-refractivity contribution in [3.05, 3.63) is 65.5 Å². The van der Waals surface area contributed by atoms with Crippen molar-refractivity contribution < 1.29 is 18.8 Å². The summed E-state index contributed by atoms with van der Waals surface area (Å²) in [6.45, 7) is 11.2. The Morgan fingerprint density at radius 1 is 1.06 bits per heavy atom. The summed E-state index contributed by atoms with van der Waals surface area (Å²) in [7, 11) is 0. The van der Waals surface area contributed by atoms with Crippen LogP contribution in [0.1, 0.15) is 50.7 Å². The molecule has 7 heteroatoms. The Morgan fingerprint density at radius 3 is 2.38 bits per heavy atom. The van der Waals surface area contributed by atoms with E-state index in [0.717, 1.165) is 11.1 Å². The molecule has 0 aliphatic rings. The summed E-state index contributed by atoms with van der Waals surface area (Å²) in [6, 6.07) is 15.4. The minimum atomic E-state index is -0.296. The lowest BCUT2D eigenvalue weighted by molar-refractivity contribution is 0.0816. The molecular formula is C25H31N3O4. The molecule has 3 aromatic rings. The van der Waals surface area contributed by atoms with Crippen molar-refractivity contribution in [3.8, 4) is 17.2 Å². The fourth-order valence-electron chi connectivity index (χ4n) is 3.18. The summed E-state index contributed by atoms with van der Waals surface area (Å²) < 4.78 is 16.5. The van der Waals surface area contributed by atoms with Crippen molar-refractivity contribution in [1.29, 1.82) is 0 Å². The summed E-state index contributed by atoms with van der Waals surface area (Å²) >= 11 is 0. The number of rotatable bonds is 9. The predicted octanol–water partition coefficient (Wildman–Crippen LogP) is 5.80. The van der Waals surface area contributed by atoms with Gasteiger partial charge in [-0.3, -0.25) is 0 Å². The molecule has 0 saturated carbocycles. The highest BCUT2D eigenvalue weighted by molar-refractivity contribution is 5.68. The van der Waals surface area contributed by atoms with Crippen LogP contribution in [0.15, 0.2) is 53.1 Å². The van der Waals surface area contributed by atoms with Crippen LogP contribution in [0, 0.1) is 12.8 Å². The van der Waals surface area contributed by atoms with Crippen molar-refractivity contribution in [1.82, 2.24) is 15.0 Å². The van der Waals surface area contributed by atoms with Gasteiger partial charge in [0.05, 0.1) is 12.6 Å². The van der Waals surface area contributed by atoms with E-state index in [2.05, 4.69) is 10.1 Å². The van der Waals surface area contributed by atoms with Gasteiger partial charge in [-0.1, -0.05) is 48.8 Å². The van der Waals surface area contributed by atoms with Crippen molar-refractivity contribution in [2.24, 2.45) is 5.92 Å². The summed E-state index contributed by atoms with van der Waals surface area (Å²) in [5.74, 6) is 1.93. The molecule has 0 bridgehead atoms. The van der Waals surface area contributed by atoms with Gasteiger partial charge in [-0.05, 0) is 56.5 Å². The molecule has 0 aliphatic heterocycles. The van der Waals surface area contributed by atoms with Crippen LogP contribution < -0.4 is 4.74 Å². The minimum absolute atomic E-state index is 0.108. The van der Waals surface area contributed by atoms with Gasteiger partial charge in [-0.2, -0.15) is 4.98 Å². The van der Waals surface area contributed by atoms with Crippen molar-refractivity contribution in [2.45, 2.75) is 47.3 Å².